The van der Waals surface area contributed by atoms with Crippen LogP contribution in [0.25, 0.3) is 0 Å². The van der Waals surface area contributed by atoms with Crippen molar-refractivity contribution < 1.29 is 23.2 Å². The van der Waals surface area contributed by atoms with E-state index in [1.54, 1.807) is 0 Å². The predicted molar refractivity (Wildman–Crippen MR) is 77.5 cm³/mol. The molecule has 2 N–H and O–H groups in total. The second-order valence-electron chi connectivity index (χ2n) is 5.15. The van der Waals surface area contributed by atoms with Gasteiger partial charge in [0.2, 0.25) is 11.8 Å². The lowest BCUT2D eigenvalue weighted by Crippen LogP contribution is -2.50. The summed E-state index contributed by atoms with van der Waals surface area (Å²) in [5.41, 5.74) is -0.245. The Bertz CT molecular complexity index is 622. The number of carbonyl (C=O) groups is 3. The standard InChI is InChI=1S/C15H17F2N3O3/c16-10-3-4-11(12(17)8-10)15(23)19-5-1-2-14(22)20-7-6-18-13(21)9-20/h3-4,8H,1-2,5-7,9H2,(H,18,21)(H,19,23). The molecular weight excluding hydrogens is 308 g/mol. The summed E-state index contributed by atoms with van der Waals surface area (Å²) >= 11 is 0. The first-order valence-electron chi connectivity index (χ1n) is 7.25. The van der Waals surface area contributed by atoms with Crippen LogP contribution in [0.4, 0.5) is 8.78 Å². The highest BCUT2D eigenvalue weighted by molar-refractivity contribution is 5.94. The molecule has 6 nitrogen and oxygen atoms in total. The highest BCUT2D eigenvalue weighted by Gasteiger charge is 2.20. The van der Waals surface area contributed by atoms with Gasteiger partial charge >= 0.3 is 0 Å². The van der Waals surface area contributed by atoms with Crippen molar-refractivity contribution in [2.75, 3.05) is 26.2 Å². The van der Waals surface area contributed by atoms with E-state index in [0.29, 0.717) is 25.6 Å². The number of benzene rings is 1. The molecule has 1 aliphatic rings. The summed E-state index contributed by atoms with van der Waals surface area (Å²) in [6, 6.07) is 2.71. The molecule has 8 heteroatoms. The average molecular weight is 325 g/mol. The number of nitrogens with one attached hydrogen (secondary N) is 2. The van der Waals surface area contributed by atoms with Gasteiger partial charge < -0.3 is 15.5 Å². The SMILES string of the molecule is O=C1CN(C(=O)CCCNC(=O)c2ccc(F)cc2F)CCN1. The van der Waals surface area contributed by atoms with Gasteiger partial charge in [0, 0.05) is 32.1 Å². The van der Waals surface area contributed by atoms with E-state index in [4.69, 9.17) is 0 Å². The number of hydrogen-bond donors (Lipinski definition) is 2. The van der Waals surface area contributed by atoms with Crippen molar-refractivity contribution in [2.24, 2.45) is 0 Å². The van der Waals surface area contributed by atoms with Gasteiger partial charge in [-0.05, 0) is 18.6 Å². The minimum atomic E-state index is -0.932. The smallest absolute Gasteiger partial charge is 0.254 e. The molecule has 0 aromatic heterocycles. The van der Waals surface area contributed by atoms with Gasteiger partial charge in [-0.25, -0.2) is 8.78 Å². The Morgan fingerprint density at radius 1 is 1.30 bits per heavy atom. The number of amides is 3. The first-order chi connectivity index (χ1) is 11.0. The number of rotatable bonds is 5. The maximum Gasteiger partial charge on any atom is 0.254 e. The Labute approximate surface area is 131 Å². The summed E-state index contributed by atoms with van der Waals surface area (Å²) in [6.07, 6.45) is 0.547. The van der Waals surface area contributed by atoms with Crippen LogP contribution in [-0.2, 0) is 9.59 Å². The Balaban J connectivity index is 1.73. The Kier molecular flexibility index (Phi) is 5.61. The maximum absolute atomic E-state index is 13.4. The maximum atomic E-state index is 13.4. The van der Waals surface area contributed by atoms with Gasteiger partial charge in [0.15, 0.2) is 0 Å². The van der Waals surface area contributed by atoms with Gasteiger partial charge in [-0.3, -0.25) is 14.4 Å². The van der Waals surface area contributed by atoms with Crippen LogP contribution in [0, 0.1) is 11.6 Å². The van der Waals surface area contributed by atoms with Crippen LogP contribution in [0.2, 0.25) is 0 Å². The lowest BCUT2D eigenvalue weighted by atomic mass is 10.2. The third-order valence-electron chi connectivity index (χ3n) is 3.42. The van der Waals surface area contributed by atoms with E-state index in [-0.39, 0.29) is 36.9 Å². The van der Waals surface area contributed by atoms with E-state index >= 15 is 0 Å². The molecule has 0 spiro atoms. The number of nitrogens with zero attached hydrogens (tertiary/aromatic N) is 1. The molecule has 1 heterocycles. The number of halogens is 2. The van der Waals surface area contributed by atoms with Crippen molar-refractivity contribution in [3.63, 3.8) is 0 Å². The minimum Gasteiger partial charge on any atom is -0.353 e. The number of hydrogen-bond acceptors (Lipinski definition) is 3. The molecule has 0 saturated carbocycles. The molecule has 3 amide bonds. The fourth-order valence-corrected chi connectivity index (χ4v) is 2.22. The molecule has 0 radical (unpaired) electrons. The van der Waals surface area contributed by atoms with E-state index < -0.39 is 17.5 Å². The van der Waals surface area contributed by atoms with Crippen molar-refractivity contribution >= 4 is 17.7 Å². The van der Waals surface area contributed by atoms with E-state index in [1.807, 2.05) is 0 Å². The Morgan fingerprint density at radius 3 is 2.78 bits per heavy atom. The van der Waals surface area contributed by atoms with Crippen LogP contribution in [0.3, 0.4) is 0 Å². The van der Waals surface area contributed by atoms with E-state index in [9.17, 15) is 23.2 Å². The van der Waals surface area contributed by atoms with Crippen LogP contribution in [0.5, 0.6) is 0 Å². The van der Waals surface area contributed by atoms with E-state index in [2.05, 4.69) is 10.6 Å². The van der Waals surface area contributed by atoms with Crippen molar-refractivity contribution in [1.82, 2.24) is 15.5 Å². The van der Waals surface area contributed by atoms with Crippen LogP contribution >= 0.6 is 0 Å². The summed E-state index contributed by atoms with van der Waals surface area (Å²) in [6.45, 7) is 1.14. The molecule has 1 aromatic rings. The summed E-state index contributed by atoms with van der Waals surface area (Å²) in [4.78, 5) is 36.3. The Morgan fingerprint density at radius 2 is 2.09 bits per heavy atom. The largest absolute Gasteiger partial charge is 0.353 e. The van der Waals surface area contributed by atoms with Crippen molar-refractivity contribution in [3.05, 3.63) is 35.4 Å². The second-order valence-corrected chi connectivity index (χ2v) is 5.15. The fourth-order valence-electron chi connectivity index (χ4n) is 2.22. The van der Waals surface area contributed by atoms with Gasteiger partial charge in [-0.2, -0.15) is 0 Å². The van der Waals surface area contributed by atoms with Gasteiger partial charge in [0.25, 0.3) is 5.91 Å². The third kappa shape index (κ3) is 4.73. The van der Waals surface area contributed by atoms with Crippen LogP contribution in [-0.4, -0.2) is 48.8 Å². The average Bonchev–Trinajstić information content (AvgIpc) is 2.51. The lowest BCUT2D eigenvalue weighted by Gasteiger charge is -2.26. The fraction of sp³-hybridized carbons (Fsp3) is 0.400. The highest BCUT2D eigenvalue weighted by Crippen LogP contribution is 2.09. The van der Waals surface area contributed by atoms with Crippen molar-refractivity contribution in [3.8, 4) is 0 Å². The zero-order valence-corrected chi connectivity index (χ0v) is 12.4. The molecule has 0 bridgehead atoms. The van der Waals surface area contributed by atoms with Crippen LogP contribution in [0.1, 0.15) is 23.2 Å². The number of carbonyl (C=O) groups excluding carboxylic acids is 3. The molecule has 1 aliphatic heterocycles. The first-order valence-corrected chi connectivity index (χ1v) is 7.25. The van der Waals surface area contributed by atoms with Crippen LogP contribution in [0.15, 0.2) is 18.2 Å². The third-order valence-corrected chi connectivity index (χ3v) is 3.42. The molecule has 2 rings (SSSR count). The molecular formula is C15H17F2N3O3. The molecule has 23 heavy (non-hydrogen) atoms. The minimum absolute atomic E-state index is 0.0476. The summed E-state index contributed by atoms with van der Waals surface area (Å²) in [5.74, 6) is -2.70. The first kappa shape index (κ1) is 16.9. The molecule has 1 fully saturated rings. The van der Waals surface area contributed by atoms with Crippen molar-refractivity contribution in [2.45, 2.75) is 12.8 Å². The summed E-state index contributed by atoms with van der Waals surface area (Å²) in [7, 11) is 0. The normalized spacial score (nSPS) is 14.3. The second kappa shape index (κ2) is 7.66. The van der Waals surface area contributed by atoms with Gasteiger partial charge in [-0.1, -0.05) is 0 Å². The Hall–Kier alpha value is -2.51. The lowest BCUT2D eigenvalue weighted by molar-refractivity contribution is -0.138. The van der Waals surface area contributed by atoms with Crippen LogP contribution < -0.4 is 10.6 Å². The molecule has 124 valence electrons. The highest BCUT2D eigenvalue weighted by atomic mass is 19.1. The van der Waals surface area contributed by atoms with Gasteiger partial charge in [-0.15, -0.1) is 0 Å². The van der Waals surface area contributed by atoms with Crippen molar-refractivity contribution in [1.29, 1.82) is 0 Å². The summed E-state index contributed by atoms with van der Waals surface area (Å²) in [5, 5.41) is 5.10. The molecule has 0 atom stereocenters. The number of piperazine rings is 1. The molecule has 1 aromatic carbocycles. The molecule has 0 aliphatic carbocycles. The monoisotopic (exact) mass is 325 g/mol. The van der Waals surface area contributed by atoms with Gasteiger partial charge in [0.05, 0.1) is 12.1 Å². The quantitative estimate of drug-likeness (QED) is 0.771. The zero-order valence-electron chi connectivity index (χ0n) is 12.4. The molecule has 0 unspecified atom stereocenters. The van der Waals surface area contributed by atoms with Gasteiger partial charge in [0.1, 0.15) is 11.6 Å². The van der Waals surface area contributed by atoms with E-state index in [0.717, 1.165) is 12.1 Å². The van der Waals surface area contributed by atoms with E-state index in [1.165, 1.54) is 4.90 Å². The summed E-state index contributed by atoms with van der Waals surface area (Å²) < 4.78 is 26.2. The molecule has 1 saturated heterocycles. The zero-order chi connectivity index (χ0) is 16.8. The predicted octanol–water partition coefficient (Wildman–Crippen LogP) is 0.433. The topological polar surface area (TPSA) is 78.5 Å².